The molecule has 0 N–H and O–H groups in total. The summed E-state index contributed by atoms with van der Waals surface area (Å²) in [7, 11) is 0. The third-order valence-corrected chi connectivity index (χ3v) is 4.58. The van der Waals surface area contributed by atoms with E-state index in [2.05, 4.69) is 17.1 Å². The van der Waals surface area contributed by atoms with E-state index in [1.165, 1.54) is 11.1 Å². The molecule has 0 saturated heterocycles. The zero-order chi connectivity index (χ0) is 16.5. The van der Waals surface area contributed by atoms with Crippen LogP contribution in [0.3, 0.4) is 0 Å². The maximum Gasteiger partial charge on any atom is 0.273 e. The van der Waals surface area contributed by atoms with E-state index in [1.54, 1.807) is 6.07 Å². The molecule has 0 bridgehead atoms. The fraction of sp³-hybridized carbons (Fsp3) is 0.100. The van der Waals surface area contributed by atoms with Gasteiger partial charge >= 0.3 is 0 Å². The lowest BCUT2D eigenvalue weighted by molar-refractivity contribution is 0.0745. The molecule has 2 heterocycles. The van der Waals surface area contributed by atoms with Crippen molar-refractivity contribution in [3.05, 3.63) is 88.6 Å². The molecule has 3 aromatic rings. The second-order valence-electron chi connectivity index (χ2n) is 5.82. The number of rotatable bonds is 2. The van der Waals surface area contributed by atoms with Crippen molar-refractivity contribution in [2.24, 2.45) is 0 Å². The smallest absolute Gasteiger partial charge is 0.273 e. The average Bonchev–Trinajstić information content (AvgIpc) is 3.06. The first-order valence-electron chi connectivity index (χ1n) is 7.80. The van der Waals surface area contributed by atoms with Crippen LogP contribution in [-0.2, 0) is 13.1 Å². The molecule has 4 rings (SSSR count). The number of fused-ring (bicyclic) bond motifs is 1. The molecule has 0 unspecified atom stereocenters. The van der Waals surface area contributed by atoms with Crippen molar-refractivity contribution in [1.82, 2.24) is 9.88 Å². The van der Waals surface area contributed by atoms with Crippen molar-refractivity contribution in [1.29, 1.82) is 0 Å². The van der Waals surface area contributed by atoms with Crippen LogP contribution in [0.1, 0.15) is 21.6 Å². The van der Waals surface area contributed by atoms with Gasteiger partial charge in [0.15, 0.2) is 0 Å². The van der Waals surface area contributed by atoms with Crippen LogP contribution in [0.4, 0.5) is 0 Å². The van der Waals surface area contributed by atoms with Gasteiger partial charge in [0, 0.05) is 23.7 Å². The average molecular weight is 335 g/mol. The minimum absolute atomic E-state index is 0.0555. The Morgan fingerprint density at radius 3 is 2.25 bits per heavy atom. The highest BCUT2D eigenvalue weighted by molar-refractivity contribution is 6.33. The Labute approximate surface area is 145 Å². The van der Waals surface area contributed by atoms with E-state index < -0.39 is 0 Å². The quantitative estimate of drug-likeness (QED) is 0.688. The molecule has 0 saturated carbocycles. The van der Waals surface area contributed by atoms with Crippen LogP contribution in [0.25, 0.3) is 11.3 Å². The number of hydrogen-bond donors (Lipinski definition) is 0. The van der Waals surface area contributed by atoms with Gasteiger partial charge in [-0.2, -0.15) is 0 Å². The lowest BCUT2D eigenvalue weighted by atomic mass is 10.1. The SMILES string of the molecule is O=C(c1cccc(-c2ccccc2Cl)n1)N1Cc2ccccc2C1. The summed E-state index contributed by atoms with van der Waals surface area (Å²) in [5.41, 5.74) is 4.39. The van der Waals surface area contributed by atoms with E-state index in [0.717, 1.165) is 5.56 Å². The van der Waals surface area contributed by atoms with Gasteiger partial charge in [0.05, 0.1) is 5.69 Å². The molecule has 4 heteroatoms. The first kappa shape index (κ1) is 14.9. The molecule has 3 nitrogen and oxygen atoms in total. The van der Waals surface area contributed by atoms with Crippen molar-refractivity contribution < 1.29 is 4.79 Å². The standard InChI is InChI=1S/C20H15ClN2O/c21-17-9-4-3-8-16(17)18-10-5-11-19(22-18)20(24)23-12-14-6-1-2-7-15(14)13-23/h1-11H,12-13H2. The van der Waals surface area contributed by atoms with Crippen molar-refractivity contribution in [2.45, 2.75) is 13.1 Å². The van der Waals surface area contributed by atoms with Gasteiger partial charge in [0.1, 0.15) is 5.69 Å². The van der Waals surface area contributed by atoms with Crippen molar-refractivity contribution in [3.63, 3.8) is 0 Å². The van der Waals surface area contributed by atoms with Crippen LogP contribution in [0.15, 0.2) is 66.7 Å². The van der Waals surface area contributed by atoms with Gasteiger partial charge in [-0.25, -0.2) is 4.98 Å². The number of aromatic nitrogens is 1. The van der Waals surface area contributed by atoms with Gasteiger partial charge < -0.3 is 4.90 Å². The zero-order valence-electron chi connectivity index (χ0n) is 12.9. The van der Waals surface area contributed by atoms with Crippen molar-refractivity contribution >= 4 is 17.5 Å². The Balaban J connectivity index is 1.63. The molecule has 1 amide bonds. The molecular weight excluding hydrogens is 320 g/mol. The Morgan fingerprint density at radius 1 is 0.875 bits per heavy atom. The van der Waals surface area contributed by atoms with E-state index in [4.69, 9.17) is 11.6 Å². The van der Waals surface area contributed by atoms with Crippen LogP contribution in [0.2, 0.25) is 5.02 Å². The number of carbonyl (C=O) groups is 1. The molecule has 24 heavy (non-hydrogen) atoms. The number of pyridine rings is 1. The first-order valence-corrected chi connectivity index (χ1v) is 8.18. The normalized spacial score (nSPS) is 13.0. The lowest BCUT2D eigenvalue weighted by Gasteiger charge is -2.15. The van der Waals surface area contributed by atoms with Gasteiger partial charge in [0.25, 0.3) is 5.91 Å². The van der Waals surface area contributed by atoms with Crippen LogP contribution >= 0.6 is 11.6 Å². The minimum atomic E-state index is -0.0555. The summed E-state index contributed by atoms with van der Waals surface area (Å²) in [6, 6.07) is 21.1. The van der Waals surface area contributed by atoms with E-state index >= 15 is 0 Å². The van der Waals surface area contributed by atoms with Gasteiger partial charge in [-0.1, -0.05) is 60.1 Å². The van der Waals surface area contributed by atoms with E-state index in [1.807, 2.05) is 53.4 Å². The van der Waals surface area contributed by atoms with Gasteiger partial charge in [0.2, 0.25) is 0 Å². The molecular formula is C20H15ClN2O. The number of benzene rings is 2. The van der Waals surface area contributed by atoms with Crippen LogP contribution in [0, 0.1) is 0 Å². The van der Waals surface area contributed by atoms with Gasteiger partial charge in [-0.05, 0) is 29.3 Å². The molecule has 0 atom stereocenters. The molecule has 0 aliphatic carbocycles. The number of hydrogen-bond acceptors (Lipinski definition) is 2. The summed E-state index contributed by atoms with van der Waals surface area (Å²) < 4.78 is 0. The highest BCUT2D eigenvalue weighted by Crippen LogP contribution is 2.27. The zero-order valence-corrected chi connectivity index (χ0v) is 13.7. The summed E-state index contributed by atoms with van der Waals surface area (Å²) in [6.45, 7) is 1.26. The van der Waals surface area contributed by atoms with Crippen molar-refractivity contribution in [3.8, 4) is 11.3 Å². The highest BCUT2D eigenvalue weighted by Gasteiger charge is 2.24. The molecule has 0 fully saturated rings. The third-order valence-electron chi connectivity index (χ3n) is 4.25. The lowest BCUT2D eigenvalue weighted by Crippen LogP contribution is -2.26. The van der Waals surface area contributed by atoms with E-state index in [0.29, 0.717) is 29.5 Å². The second-order valence-corrected chi connectivity index (χ2v) is 6.23. The number of amides is 1. The van der Waals surface area contributed by atoms with Crippen LogP contribution in [-0.4, -0.2) is 15.8 Å². The minimum Gasteiger partial charge on any atom is -0.329 e. The summed E-state index contributed by atoms with van der Waals surface area (Å²) in [6.07, 6.45) is 0. The van der Waals surface area contributed by atoms with E-state index in [9.17, 15) is 4.79 Å². The summed E-state index contributed by atoms with van der Waals surface area (Å²) in [5.74, 6) is -0.0555. The Bertz CT molecular complexity index is 898. The molecule has 0 radical (unpaired) electrons. The third kappa shape index (κ3) is 2.68. The molecule has 1 aromatic heterocycles. The van der Waals surface area contributed by atoms with Crippen molar-refractivity contribution in [2.75, 3.05) is 0 Å². The second kappa shape index (κ2) is 6.10. The highest BCUT2D eigenvalue weighted by atomic mass is 35.5. The maximum absolute atomic E-state index is 12.8. The molecule has 1 aliphatic rings. The topological polar surface area (TPSA) is 33.2 Å². The van der Waals surface area contributed by atoms with Gasteiger partial charge in [-0.3, -0.25) is 4.79 Å². The molecule has 1 aliphatic heterocycles. The molecule has 2 aromatic carbocycles. The Morgan fingerprint density at radius 2 is 1.54 bits per heavy atom. The first-order chi connectivity index (χ1) is 11.7. The van der Waals surface area contributed by atoms with Crippen LogP contribution < -0.4 is 0 Å². The number of nitrogens with zero attached hydrogens (tertiary/aromatic N) is 2. The number of halogens is 1. The fourth-order valence-corrected chi connectivity index (χ4v) is 3.24. The van der Waals surface area contributed by atoms with E-state index in [-0.39, 0.29) is 5.91 Å². The maximum atomic E-state index is 12.8. The fourth-order valence-electron chi connectivity index (χ4n) is 3.01. The number of carbonyl (C=O) groups excluding carboxylic acids is 1. The Kier molecular flexibility index (Phi) is 3.79. The summed E-state index contributed by atoms with van der Waals surface area (Å²) in [4.78, 5) is 19.2. The molecule has 118 valence electrons. The predicted molar refractivity (Wildman–Crippen MR) is 94.7 cm³/mol. The largest absolute Gasteiger partial charge is 0.329 e. The van der Waals surface area contributed by atoms with Gasteiger partial charge in [-0.15, -0.1) is 0 Å². The summed E-state index contributed by atoms with van der Waals surface area (Å²) in [5, 5.41) is 0.628. The molecule has 0 spiro atoms. The van der Waals surface area contributed by atoms with Crippen LogP contribution in [0.5, 0.6) is 0 Å². The summed E-state index contributed by atoms with van der Waals surface area (Å²) >= 11 is 6.24. The Hall–Kier alpha value is -2.65. The monoisotopic (exact) mass is 334 g/mol. The predicted octanol–water partition coefficient (Wildman–Crippen LogP) is 4.56.